The number of aliphatic hydroxyl groups is 1. The molecule has 3 nitrogen and oxygen atoms in total. The third-order valence-corrected chi connectivity index (χ3v) is 3.76. The molecule has 2 unspecified atom stereocenters. The van der Waals surface area contributed by atoms with Gasteiger partial charge >= 0.3 is 0 Å². The van der Waals surface area contributed by atoms with Crippen LogP contribution in [0.15, 0.2) is 59.0 Å². The van der Waals surface area contributed by atoms with E-state index in [1.54, 1.807) is 0 Å². The Morgan fingerprint density at radius 1 is 1.05 bits per heavy atom. The van der Waals surface area contributed by atoms with Gasteiger partial charge in [0.2, 0.25) is 0 Å². The minimum atomic E-state index is -0.755. The number of hydrogen-bond donors (Lipinski definition) is 1. The normalized spacial score (nSPS) is 18.8. The molecule has 0 radical (unpaired) electrons. The Labute approximate surface area is 116 Å². The molecular formula is C17H14O3. The second-order valence-electron chi connectivity index (χ2n) is 5.10. The van der Waals surface area contributed by atoms with Gasteiger partial charge in [-0.1, -0.05) is 36.4 Å². The topological polar surface area (TPSA) is 42.6 Å². The van der Waals surface area contributed by atoms with Gasteiger partial charge in [-0.15, -0.1) is 0 Å². The van der Waals surface area contributed by atoms with Crippen LogP contribution in [0.1, 0.15) is 17.4 Å². The highest BCUT2D eigenvalue weighted by Gasteiger charge is 2.31. The number of hydrogen-bond acceptors (Lipinski definition) is 3. The number of fused-ring (bicyclic) bond motifs is 2. The van der Waals surface area contributed by atoms with E-state index in [9.17, 15) is 5.11 Å². The molecule has 20 heavy (non-hydrogen) atoms. The first-order valence-electron chi connectivity index (χ1n) is 6.72. The van der Waals surface area contributed by atoms with E-state index in [4.69, 9.17) is 9.15 Å². The van der Waals surface area contributed by atoms with Crippen LogP contribution in [0, 0.1) is 0 Å². The summed E-state index contributed by atoms with van der Waals surface area (Å²) in [6.07, 6.45) is -0.336. The Bertz CT molecular complexity index is 702. The van der Waals surface area contributed by atoms with Gasteiger partial charge in [0.25, 0.3) is 0 Å². The van der Waals surface area contributed by atoms with E-state index in [1.807, 2.05) is 54.6 Å². The number of para-hydroxylation sites is 2. The molecule has 100 valence electrons. The van der Waals surface area contributed by atoms with Gasteiger partial charge < -0.3 is 14.3 Å². The first-order valence-corrected chi connectivity index (χ1v) is 6.72. The van der Waals surface area contributed by atoms with Crippen molar-refractivity contribution in [2.45, 2.75) is 18.6 Å². The highest BCUT2D eigenvalue weighted by Crippen LogP contribution is 2.35. The molecular weight excluding hydrogens is 252 g/mol. The van der Waals surface area contributed by atoms with E-state index in [0.29, 0.717) is 12.2 Å². The van der Waals surface area contributed by atoms with Gasteiger partial charge in [-0.25, -0.2) is 0 Å². The van der Waals surface area contributed by atoms with Gasteiger partial charge in [-0.05, 0) is 23.8 Å². The predicted octanol–water partition coefficient (Wildman–Crippen LogP) is 3.47. The first-order chi connectivity index (χ1) is 9.81. The molecule has 0 aliphatic carbocycles. The number of ether oxygens (including phenoxy) is 1. The second kappa shape index (κ2) is 4.39. The Balaban J connectivity index is 1.63. The molecule has 2 aromatic carbocycles. The smallest absolute Gasteiger partial charge is 0.149 e. The molecule has 0 saturated carbocycles. The quantitative estimate of drug-likeness (QED) is 0.772. The average Bonchev–Trinajstić information content (AvgIpc) is 3.10. The molecule has 0 spiro atoms. The van der Waals surface area contributed by atoms with E-state index in [2.05, 4.69) is 0 Å². The lowest BCUT2D eigenvalue weighted by molar-refractivity contribution is 0.0351. The molecule has 0 amide bonds. The maximum Gasteiger partial charge on any atom is 0.149 e. The summed E-state index contributed by atoms with van der Waals surface area (Å²) in [5.41, 5.74) is 1.92. The Hall–Kier alpha value is -2.26. The summed E-state index contributed by atoms with van der Waals surface area (Å²) in [5, 5.41) is 11.5. The summed E-state index contributed by atoms with van der Waals surface area (Å²) < 4.78 is 11.5. The molecule has 4 rings (SSSR count). The highest BCUT2D eigenvalue weighted by atomic mass is 16.5. The minimum Gasteiger partial charge on any atom is -0.487 e. The fourth-order valence-corrected chi connectivity index (χ4v) is 2.72. The van der Waals surface area contributed by atoms with E-state index in [0.717, 1.165) is 22.3 Å². The van der Waals surface area contributed by atoms with Crippen LogP contribution >= 0.6 is 0 Å². The Morgan fingerprint density at radius 3 is 2.70 bits per heavy atom. The lowest BCUT2D eigenvalue weighted by Gasteiger charge is -2.15. The molecule has 3 heteroatoms. The van der Waals surface area contributed by atoms with Crippen LogP contribution < -0.4 is 4.74 Å². The van der Waals surface area contributed by atoms with Crippen molar-refractivity contribution in [1.82, 2.24) is 0 Å². The van der Waals surface area contributed by atoms with Crippen LogP contribution in [-0.2, 0) is 6.42 Å². The van der Waals surface area contributed by atoms with E-state index < -0.39 is 6.10 Å². The number of aliphatic hydroxyl groups excluding tert-OH is 1. The van der Waals surface area contributed by atoms with Crippen molar-refractivity contribution in [2.24, 2.45) is 0 Å². The molecule has 0 bridgehead atoms. The van der Waals surface area contributed by atoms with Crippen LogP contribution in [0.5, 0.6) is 5.75 Å². The largest absolute Gasteiger partial charge is 0.487 e. The number of rotatable bonds is 2. The fraction of sp³-hybridized carbons (Fsp3) is 0.176. The Morgan fingerprint density at radius 2 is 1.85 bits per heavy atom. The minimum absolute atomic E-state index is 0.284. The van der Waals surface area contributed by atoms with Crippen molar-refractivity contribution >= 4 is 11.0 Å². The zero-order chi connectivity index (χ0) is 13.5. The van der Waals surface area contributed by atoms with Crippen LogP contribution in [0.2, 0.25) is 0 Å². The summed E-state index contributed by atoms with van der Waals surface area (Å²) in [6, 6.07) is 17.5. The zero-order valence-electron chi connectivity index (χ0n) is 10.8. The Kier molecular flexibility index (Phi) is 2.54. The molecule has 3 aromatic rings. The van der Waals surface area contributed by atoms with Crippen molar-refractivity contribution in [3.8, 4) is 5.75 Å². The summed E-state index contributed by atoms with van der Waals surface area (Å²) >= 11 is 0. The van der Waals surface area contributed by atoms with Gasteiger partial charge in [0, 0.05) is 11.8 Å². The number of benzene rings is 2. The monoisotopic (exact) mass is 266 g/mol. The average molecular weight is 266 g/mol. The maximum atomic E-state index is 10.5. The lowest BCUT2D eigenvalue weighted by Crippen LogP contribution is -2.22. The van der Waals surface area contributed by atoms with E-state index >= 15 is 0 Å². The summed E-state index contributed by atoms with van der Waals surface area (Å²) in [6.45, 7) is 0. The fourth-order valence-electron chi connectivity index (χ4n) is 2.72. The molecule has 1 aliphatic heterocycles. The summed E-state index contributed by atoms with van der Waals surface area (Å²) in [5.74, 6) is 1.41. The van der Waals surface area contributed by atoms with Gasteiger partial charge in [-0.2, -0.15) is 0 Å². The third kappa shape index (κ3) is 1.79. The standard InChI is InChI=1S/C17H14O3/c18-17(15-9-11-5-1-3-7-13(11)19-15)16-10-12-6-2-4-8-14(12)20-16/h1-9,16-18H,10H2. The molecule has 2 atom stereocenters. The van der Waals surface area contributed by atoms with Crippen molar-refractivity contribution in [3.05, 3.63) is 65.9 Å². The molecule has 0 fully saturated rings. The zero-order valence-corrected chi connectivity index (χ0v) is 10.8. The lowest BCUT2D eigenvalue weighted by atomic mass is 10.0. The molecule has 1 aromatic heterocycles. The maximum absolute atomic E-state index is 10.5. The molecule has 1 aliphatic rings. The van der Waals surface area contributed by atoms with E-state index in [-0.39, 0.29) is 6.10 Å². The van der Waals surface area contributed by atoms with Crippen molar-refractivity contribution in [2.75, 3.05) is 0 Å². The number of furan rings is 1. The molecule has 2 heterocycles. The van der Waals surface area contributed by atoms with Crippen molar-refractivity contribution < 1.29 is 14.3 Å². The first kappa shape index (κ1) is 11.6. The van der Waals surface area contributed by atoms with Gasteiger partial charge in [0.15, 0.2) is 0 Å². The SMILES string of the molecule is OC(c1cc2ccccc2o1)C1Cc2ccccc2O1. The van der Waals surface area contributed by atoms with E-state index in [1.165, 1.54) is 0 Å². The van der Waals surface area contributed by atoms with Crippen LogP contribution in [0.3, 0.4) is 0 Å². The van der Waals surface area contributed by atoms with Gasteiger partial charge in [-0.3, -0.25) is 0 Å². The molecule has 1 N–H and O–H groups in total. The highest BCUT2D eigenvalue weighted by molar-refractivity contribution is 5.77. The van der Waals surface area contributed by atoms with Crippen molar-refractivity contribution in [3.63, 3.8) is 0 Å². The van der Waals surface area contributed by atoms with Crippen molar-refractivity contribution in [1.29, 1.82) is 0 Å². The second-order valence-corrected chi connectivity index (χ2v) is 5.10. The van der Waals surface area contributed by atoms with Crippen LogP contribution in [0.4, 0.5) is 0 Å². The molecule has 0 saturated heterocycles. The van der Waals surface area contributed by atoms with Gasteiger partial charge in [0.1, 0.15) is 29.3 Å². The summed E-state index contributed by atoms with van der Waals surface area (Å²) in [4.78, 5) is 0. The van der Waals surface area contributed by atoms with Crippen LogP contribution in [-0.4, -0.2) is 11.2 Å². The van der Waals surface area contributed by atoms with Gasteiger partial charge in [0.05, 0.1) is 0 Å². The predicted molar refractivity (Wildman–Crippen MR) is 75.7 cm³/mol. The summed E-state index contributed by atoms with van der Waals surface area (Å²) in [7, 11) is 0. The third-order valence-electron chi connectivity index (χ3n) is 3.76. The van der Waals surface area contributed by atoms with Crippen LogP contribution in [0.25, 0.3) is 11.0 Å².